The fourth-order valence-corrected chi connectivity index (χ4v) is 3.60. The van der Waals surface area contributed by atoms with Gasteiger partial charge in [-0.15, -0.1) is 12.4 Å². The second-order valence-electron chi connectivity index (χ2n) is 6.95. The normalized spacial score (nSPS) is 11.2. The van der Waals surface area contributed by atoms with Gasteiger partial charge in [0, 0.05) is 40.8 Å². The summed E-state index contributed by atoms with van der Waals surface area (Å²) < 4.78 is 2.15. The first-order valence-electron chi connectivity index (χ1n) is 9.12. The summed E-state index contributed by atoms with van der Waals surface area (Å²) in [4.78, 5) is 18.5. The van der Waals surface area contributed by atoms with E-state index in [2.05, 4.69) is 51.8 Å². The smallest absolute Gasteiger partial charge is 0.159 e. The number of hydrogen-bond acceptors (Lipinski definition) is 4. The Morgan fingerprint density at radius 2 is 1.86 bits per heavy atom. The van der Waals surface area contributed by atoms with Gasteiger partial charge in [-0.3, -0.25) is 4.98 Å². The van der Waals surface area contributed by atoms with Crippen molar-refractivity contribution in [3.63, 3.8) is 0 Å². The highest BCUT2D eigenvalue weighted by atomic mass is 35.5. The molecule has 0 spiro atoms. The lowest BCUT2D eigenvalue weighted by molar-refractivity contribution is 0.882. The molecule has 28 heavy (non-hydrogen) atoms. The van der Waals surface area contributed by atoms with Gasteiger partial charge in [0.1, 0.15) is 5.65 Å². The van der Waals surface area contributed by atoms with Crippen molar-refractivity contribution in [1.82, 2.24) is 24.3 Å². The fraction of sp³-hybridized carbons (Fsp3) is 0.182. The van der Waals surface area contributed by atoms with E-state index >= 15 is 0 Å². The number of pyridine rings is 4. The van der Waals surface area contributed by atoms with Crippen LogP contribution < -0.4 is 0 Å². The zero-order chi connectivity index (χ0) is 18.4. The summed E-state index contributed by atoms with van der Waals surface area (Å²) in [7, 11) is 0. The third kappa shape index (κ3) is 3.08. The second-order valence-corrected chi connectivity index (χ2v) is 6.95. The van der Waals surface area contributed by atoms with E-state index in [0.29, 0.717) is 0 Å². The molecule has 6 heteroatoms. The SMILES string of the molecule is Cc1cnc2nc(CCc3nc4c5cccnc5ccn4c3C)ccc2c1.Cl. The number of fused-ring (bicyclic) bond motifs is 4. The van der Waals surface area contributed by atoms with Crippen LogP contribution in [0, 0.1) is 13.8 Å². The van der Waals surface area contributed by atoms with Crippen molar-refractivity contribution in [2.24, 2.45) is 0 Å². The molecule has 0 saturated carbocycles. The summed E-state index contributed by atoms with van der Waals surface area (Å²) >= 11 is 0. The Balaban J connectivity index is 0.00000192. The lowest BCUT2D eigenvalue weighted by Gasteiger charge is -2.03. The lowest BCUT2D eigenvalue weighted by Crippen LogP contribution is -1.98. The van der Waals surface area contributed by atoms with Crippen molar-refractivity contribution in [1.29, 1.82) is 0 Å². The molecule has 0 N–H and O–H groups in total. The van der Waals surface area contributed by atoms with Gasteiger partial charge in [-0.25, -0.2) is 15.0 Å². The van der Waals surface area contributed by atoms with Crippen LogP contribution >= 0.6 is 12.4 Å². The number of rotatable bonds is 3. The van der Waals surface area contributed by atoms with E-state index in [0.717, 1.165) is 57.4 Å². The molecule has 0 aromatic carbocycles. The molecule has 0 aliphatic heterocycles. The molecule has 0 saturated heterocycles. The average Bonchev–Trinajstić information content (AvgIpc) is 3.02. The zero-order valence-corrected chi connectivity index (χ0v) is 16.6. The van der Waals surface area contributed by atoms with Crippen LogP contribution in [0.5, 0.6) is 0 Å². The van der Waals surface area contributed by atoms with Crippen LogP contribution in [0.4, 0.5) is 0 Å². The zero-order valence-electron chi connectivity index (χ0n) is 15.8. The molecule has 0 amide bonds. The summed E-state index contributed by atoms with van der Waals surface area (Å²) in [5.41, 5.74) is 7.22. The van der Waals surface area contributed by atoms with E-state index in [1.165, 1.54) is 5.69 Å². The summed E-state index contributed by atoms with van der Waals surface area (Å²) in [5.74, 6) is 0. The molecule has 0 radical (unpaired) electrons. The van der Waals surface area contributed by atoms with Crippen molar-refractivity contribution in [3.8, 4) is 0 Å². The van der Waals surface area contributed by atoms with Crippen LogP contribution in [0.25, 0.3) is 27.6 Å². The highest BCUT2D eigenvalue weighted by molar-refractivity contribution is 5.91. The lowest BCUT2D eigenvalue weighted by atomic mass is 10.1. The van der Waals surface area contributed by atoms with Gasteiger partial charge in [0.05, 0.1) is 11.2 Å². The first-order chi connectivity index (χ1) is 13.2. The van der Waals surface area contributed by atoms with Crippen LogP contribution in [-0.2, 0) is 12.8 Å². The molecule has 140 valence electrons. The predicted octanol–water partition coefficient (Wildman–Crippen LogP) is 4.65. The van der Waals surface area contributed by atoms with Crippen LogP contribution in [-0.4, -0.2) is 24.3 Å². The molecule has 5 aromatic heterocycles. The van der Waals surface area contributed by atoms with Crippen molar-refractivity contribution in [3.05, 3.63) is 77.6 Å². The number of nitrogens with zero attached hydrogens (tertiary/aromatic N) is 5. The molecule has 0 aliphatic carbocycles. The molecule has 0 unspecified atom stereocenters. The predicted molar refractivity (Wildman–Crippen MR) is 114 cm³/mol. The highest BCUT2D eigenvalue weighted by Gasteiger charge is 2.12. The number of hydrogen-bond donors (Lipinski definition) is 0. The Labute approximate surface area is 168 Å². The molecular formula is C22H20ClN5. The van der Waals surface area contributed by atoms with E-state index < -0.39 is 0 Å². The second kappa shape index (κ2) is 7.17. The van der Waals surface area contributed by atoms with Gasteiger partial charge >= 0.3 is 0 Å². The van der Waals surface area contributed by atoms with Crippen LogP contribution in [0.3, 0.4) is 0 Å². The Morgan fingerprint density at radius 3 is 2.75 bits per heavy atom. The van der Waals surface area contributed by atoms with Gasteiger partial charge in [-0.05, 0) is 68.7 Å². The van der Waals surface area contributed by atoms with Gasteiger partial charge in [0.15, 0.2) is 5.65 Å². The summed E-state index contributed by atoms with van der Waals surface area (Å²) in [5, 5.41) is 2.17. The minimum atomic E-state index is 0. The maximum atomic E-state index is 4.91. The minimum absolute atomic E-state index is 0. The van der Waals surface area contributed by atoms with E-state index in [1.807, 2.05) is 31.5 Å². The molecular weight excluding hydrogens is 370 g/mol. The van der Waals surface area contributed by atoms with E-state index in [9.17, 15) is 0 Å². The first-order valence-corrected chi connectivity index (χ1v) is 9.12. The molecule has 5 rings (SSSR count). The highest BCUT2D eigenvalue weighted by Crippen LogP contribution is 2.21. The number of aromatic nitrogens is 5. The Bertz CT molecular complexity index is 1310. The van der Waals surface area contributed by atoms with Crippen LogP contribution in [0.1, 0.15) is 22.6 Å². The Morgan fingerprint density at radius 1 is 0.964 bits per heavy atom. The topological polar surface area (TPSA) is 56.0 Å². The summed E-state index contributed by atoms with van der Waals surface area (Å²) in [6.45, 7) is 4.17. The van der Waals surface area contributed by atoms with Crippen molar-refractivity contribution in [2.75, 3.05) is 0 Å². The maximum Gasteiger partial charge on any atom is 0.159 e. The van der Waals surface area contributed by atoms with E-state index in [4.69, 9.17) is 9.97 Å². The quantitative estimate of drug-likeness (QED) is 0.450. The molecule has 0 aliphatic rings. The average molecular weight is 390 g/mol. The summed E-state index contributed by atoms with van der Waals surface area (Å²) in [6, 6.07) is 12.4. The molecule has 0 fully saturated rings. The van der Waals surface area contributed by atoms with E-state index in [1.54, 1.807) is 0 Å². The number of imidazole rings is 1. The molecule has 5 aromatic rings. The van der Waals surface area contributed by atoms with Crippen molar-refractivity contribution >= 4 is 40.0 Å². The third-order valence-corrected chi connectivity index (χ3v) is 5.06. The maximum absolute atomic E-state index is 4.91. The minimum Gasteiger partial charge on any atom is -0.303 e. The van der Waals surface area contributed by atoms with Crippen LogP contribution in [0.15, 0.2) is 55.0 Å². The first kappa shape index (κ1) is 18.3. The van der Waals surface area contributed by atoms with Gasteiger partial charge in [0.25, 0.3) is 0 Å². The van der Waals surface area contributed by atoms with Gasteiger partial charge in [-0.1, -0.05) is 0 Å². The van der Waals surface area contributed by atoms with Crippen molar-refractivity contribution in [2.45, 2.75) is 26.7 Å². The molecule has 0 bridgehead atoms. The molecule has 5 nitrogen and oxygen atoms in total. The van der Waals surface area contributed by atoms with Gasteiger partial charge < -0.3 is 4.40 Å². The number of halogens is 1. The Kier molecular flexibility index (Phi) is 4.69. The standard InChI is InChI=1S/C22H19N5.ClH/c1-14-12-16-5-6-17(25-21(16)24-13-14)7-8-19-15(2)27-11-9-20-18(22(27)26-19)4-3-10-23-20;/h3-6,9-13H,7-8H2,1-2H3;1H. The third-order valence-electron chi connectivity index (χ3n) is 5.06. The fourth-order valence-electron chi connectivity index (χ4n) is 3.60. The monoisotopic (exact) mass is 389 g/mol. The van der Waals surface area contributed by atoms with Crippen LogP contribution in [0.2, 0.25) is 0 Å². The largest absolute Gasteiger partial charge is 0.303 e. The molecule has 0 atom stereocenters. The Hall–Kier alpha value is -3.05. The number of aryl methyl sites for hydroxylation is 4. The molecule has 5 heterocycles. The van der Waals surface area contributed by atoms with E-state index in [-0.39, 0.29) is 12.4 Å². The summed E-state index contributed by atoms with van der Waals surface area (Å²) in [6.07, 6.45) is 7.42. The van der Waals surface area contributed by atoms with Gasteiger partial charge in [0.2, 0.25) is 0 Å². The van der Waals surface area contributed by atoms with Gasteiger partial charge in [-0.2, -0.15) is 0 Å². The van der Waals surface area contributed by atoms with Crippen molar-refractivity contribution < 1.29 is 0 Å².